The largest absolute Gasteiger partial charge is 0.382 e. The maximum Gasteiger partial charge on any atom is 0.269 e. The summed E-state index contributed by atoms with van der Waals surface area (Å²) in [4.78, 5) is 35.5. The molecular weight excluding hydrogens is 422 g/mol. The number of nitro benzene ring substituents is 1. The zero-order valence-corrected chi connectivity index (χ0v) is 18.0. The fraction of sp³-hybridized carbons (Fsp3) is 0.500. The zero-order valence-electron chi connectivity index (χ0n) is 17.2. The standard InChI is InChI=1S/C20H25N5O5S/c1-30-12-16(21-18(26)14-5-3-2-4-6-14)19(27)22-20-24-23-17(31-20)11-13-7-9-15(10-8-13)25(28)29/h7-10,14,16H,2-6,11-12H2,1H3,(H,21,26)(H,22,24,27). The van der Waals surface area contributed by atoms with Gasteiger partial charge in [0.15, 0.2) is 0 Å². The molecule has 2 N–H and O–H groups in total. The molecule has 1 unspecified atom stereocenters. The monoisotopic (exact) mass is 447 g/mol. The van der Waals surface area contributed by atoms with Gasteiger partial charge in [0, 0.05) is 31.6 Å². The molecule has 1 aromatic carbocycles. The molecule has 1 aromatic heterocycles. The fourth-order valence-corrected chi connectivity index (χ4v) is 4.26. The molecule has 2 aromatic rings. The van der Waals surface area contributed by atoms with Gasteiger partial charge in [-0.2, -0.15) is 0 Å². The van der Waals surface area contributed by atoms with Crippen molar-refractivity contribution in [3.05, 3.63) is 45.0 Å². The Labute approximate surface area is 183 Å². The molecule has 10 nitrogen and oxygen atoms in total. The number of nitrogens with zero attached hydrogens (tertiary/aromatic N) is 3. The average Bonchev–Trinajstić information content (AvgIpc) is 3.21. The van der Waals surface area contributed by atoms with Gasteiger partial charge in [-0.15, -0.1) is 10.2 Å². The number of carbonyl (C=O) groups excluding carboxylic acids is 2. The highest BCUT2D eigenvalue weighted by atomic mass is 32.1. The number of methoxy groups -OCH3 is 1. The highest BCUT2D eigenvalue weighted by molar-refractivity contribution is 7.15. The number of non-ortho nitro benzene ring substituents is 1. The number of anilines is 1. The molecule has 1 aliphatic carbocycles. The van der Waals surface area contributed by atoms with Gasteiger partial charge in [0.1, 0.15) is 11.0 Å². The lowest BCUT2D eigenvalue weighted by atomic mass is 9.88. The van der Waals surface area contributed by atoms with E-state index in [4.69, 9.17) is 4.74 Å². The highest BCUT2D eigenvalue weighted by Crippen LogP contribution is 2.24. The Bertz CT molecular complexity index is 911. The summed E-state index contributed by atoms with van der Waals surface area (Å²) in [6.45, 7) is 0.0543. The Kier molecular flexibility index (Phi) is 8.01. The molecule has 166 valence electrons. The molecule has 11 heteroatoms. The third-order valence-electron chi connectivity index (χ3n) is 5.14. The van der Waals surface area contributed by atoms with Gasteiger partial charge in [-0.3, -0.25) is 25.0 Å². The van der Waals surface area contributed by atoms with Gasteiger partial charge in [0.2, 0.25) is 11.0 Å². The van der Waals surface area contributed by atoms with Crippen LogP contribution in [0.1, 0.15) is 42.7 Å². The van der Waals surface area contributed by atoms with Gasteiger partial charge in [0.25, 0.3) is 11.6 Å². The van der Waals surface area contributed by atoms with Gasteiger partial charge in [-0.25, -0.2) is 0 Å². The minimum Gasteiger partial charge on any atom is -0.382 e. The van der Waals surface area contributed by atoms with Crippen molar-refractivity contribution in [3.8, 4) is 0 Å². The zero-order chi connectivity index (χ0) is 22.2. The van der Waals surface area contributed by atoms with E-state index in [2.05, 4.69) is 20.8 Å². The van der Waals surface area contributed by atoms with Crippen LogP contribution >= 0.6 is 11.3 Å². The summed E-state index contributed by atoms with van der Waals surface area (Å²) in [6.07, 6.45) is 5.32. The molecular formula is C20H25N5O5S. The predicted molar refractivity (Wildman–Crippen MR) is 115 cm³/mol. The van der Waals surface area contributed by atoms with E-state index in [0.717, 1.165) is 37.7 Å². The lowest BCUT2D eigenvalue weighted by molar-refractivity contribution is -0.384. The van der Waals surface area contributed by atoms with E-state index in [0.29, 0.717) is 16.6 Å². The molecule has 2 amide bonds. The third-order valence-corrected chi connectivity index (χ3v) is 5.98. The average molecular weight is 448 g/mol. The number of benzene rings is 1. The molecule has 0 bridgehead atoms. The molecule has 1 aliphatic rings. The summed E-state index contributed by atoms with van der Waals surface area (Å²) < 4.78 is 5.11. The summed E-state index contributed by atoms with van der Waals surface area (Å²) in [5.41, 5.74) is 0.866. The predicted octanol–water partition coefficient (Wildman–Crippen LogP) is 2.69. The Balaban J connectivity index is 1.57. The summed E-state index contributed by atoms with van der Waals surface area (Å²) in [7, 11) is 1.47. The van der Waals surface area contributed by atoms with Crippen LogP contribution in [0.5, 0.6) is 0 Å². The van der Waals surface area contributed by atoms with Gasteiger partial charge in [-0.1, -0.05) is 42.7 Å². The first-order chi connectivity index (χ1) is 15.0. The topological polar surface area (TPSA) is 136 Å². The summed E-state index contributed by atoms with van der Waals surface area (Å²) >= 11 is 1.21. The van der Waals surface area contributed by atoms with E-state index in [1.807, 2.05) is 0 Å². The Morgan fingerprint density at radius 1 is 1.23 bits per heavy atom. The second-order valence-electron chi connectivity index (χ2n) is 7.44. The number of ether oxygens (including phenoxy) is 1. The Morgan fingerprint density at radius 3 is 2.58 bits per heavy atom. The minimum atomic E-state index is -0.818. The van der Waals surface area contributed by atoms with E-state index >= 15 is 0 Å². The van der Waals surface area contributed by atoms with Crippen molar-refractivity contribution in [1.82, 2.24) is 15.5 Å². The van der Waals surface area contributed by atoms with Crippen LogP contribution in [-0.2, 0) is 20.7 Å². The maximum absolute atomic E-state index is 12.7. The number of hydrogen-bond acceptors (Lipinski definition) is 8. The van der Waals surface area contributed by atoms with Gasteiger partial charge in [0.05, 0.1) is 11.5 Å². The normalized spacial score (nSPS) is 15.3. The van der Waals surface area contributed by atoms with Crippen molar-refractivity contribution in [2.45, 2.75) is 44.6 Å². The van der Waals surface area contributed by atoms with Crippen molar-refractivity contribution < 1.29 is 19.2 Å². The van der Waals surface area contributed by atoms with E-state index < -0.39 is 16.9 Å². The van der Waals surface area contributed by atoms with Crippen LogP contribution in [-0.4, -0.2) is 46.7 Å². The first kappa shape index (κ1) is 22.8. The third kappa shape index (κ3) is 6.53. The molecule has 0 spiro atoms. The summed E-state index contributed by atoms with van der Waals surface area (Å²) in [6, 6.07) is 5.37. The second-order valence-corrected chi connectivity index (χ2v) is 8.50. The molecule has 31 heavy (non-hydrogen) atoms. The first-order valence-corrected chi connectivity index (χ1v) is 10.9. The highest BCUT2D eigenvalue weighted by Gasteiger charge is 2.27. The Hall–Kier alpha value is -2.92. The summed E-state index contributed by atoms with van der Waals surface area (Å²) in [5.74, 6) is -0.590. The van der Waals surface area contributed by atoms with Gasteiger partial charge >= 0.3 is 0 Å². The minimum absolute atomic E-state index is 0.0217. The van der Waals surface area contributed by atoms with Crippen LogP contribution in [0.15, 0.2) is 24.3 Å². The van der Waals surface area contributed by atoms with Crippen molar-refractivity contribution in [1.29, 1.82) is 0 Å². The van der Waals surface area contributed by atoms with Crippen molar-refractivity contribution in [2.75, 3.05) is 19.0 Å². The molecule has 0 saturated heterocycles. The number of nitrogens with one attached hydrogen (secondary N) is 2. The lowest BCUT2D eigenvalue weighted by Gasteiger charge is -2.24. The lowest BCUT2D eigenvalue weighted by Crippen LogP contribution is -2.48. The molecule has 1 fully saturated rings. The van der Waals surface area contributed by atoms with Crippen LogP contribution < -0.4 is 10.6 Å². The molecule has 1 saturated carbocycles. The van der Waals surface area contributed by atoms with Crippen molar-refractivity contribution >= 4 is 34.0 Å². The second kappa shape index (κ2) is 10.9. The van der Waals surface area contributed by atoms with Crippen LogP contribution in [0.4, 0.5) is 10.8 Å². The number of aromatic nitrogens is 2. The summed E-state index contributed by atoms with van der Waals surface area (Å²) in [5, 5.41) is 25.2. The van der Waals surface area contributed by atoms with E-state index in [-0.39, 0.29) is 24.1 Å². The number of amides is 2. The number of hydrogen-bond donors (Lipinski definition) is 2. The molecule has 1 heterocycles. The molecule has 0 aliphatic heterocycles. The molecule has 0 radical (unpaired) electrons. The van der Waals surface area contributed by atoms with Crippen LogP contribution in [0.2, 0.25) is 0 Å². The van der Waals surface area contributed by atoms with E-state index in [9.17, 15) is 19.7 Å². The Morgan fingerprint density at radius 2 is 1.94 bits per heavy atom. The van der Waals surface area contributed by atoms with Gasteiger partial charge in [-0.05, 0) is 18.4 Å². The fourth-order valence-electron chi connectivity index (χ4n) is 3.48. The van der Waals surface area contributed by atoms with E-state index in [1.165, 1.54) is 30.6 Å². The van der Waals surface area contributed by atoms with Crippen LogP contribution in [0, 0.1) is 16.0 Å². The molecule has 1 atom stereocenters. The number of rotatable bonds is 9. The van der Waals surface area contributed by atoms with Crippen molar-refractivity contribution in [2.24, 2.45) is 5.92 Å². The molecule has 3 rings (SSSR count). The van der Waals surface area contributed by atoms with E-state index in [1.54, 1.807) is 12.1 Å². The SMILES string of the molecule is COCC(NC(=O)C1CCCCC1)C(=O)Nc1nnc(Cc2ccc([N+](=O)[O-])cc2)s1. The first-order valence-electron chi connectivity index (χ1n) is 10.1. The van der Waals surface area contributed by atoms with Gasteiger partial charge < -0.3 is 10.1 Å². The number of nitro groups is 1. The van der Waals surface area contributed by atoms with Crippen LogP contribution in [0.25, 0.3) is 0 Å². The maximum atomic E-state index is 12.7. The smallest absolute Gasteiger partial charge is 0.269 e. The van der Waals surface area contributed by atoms with Crippen molar-refractivity contribution in [3.63, 3.8) is 0 Å². The quantitative estimate of drug-likeness (QED) is 0.445. The van der Waals surface area contributed by atoms with Crippen LogP contribution in [0.3, 0.4) is 0 Å². The number of carbonyl (C=O) groups is 2.